The number of carbonyl (C=O) groups is 1. The van der Waals surface area contributed by atoms with Crippen molar-refractivity contribution in [3.63, 3.8) is 0 Å². The lowest BCUT2D eigenvalue weighted by molar-refractivity contribution is -0.110. The van der Waals surface area contributed by atoms with Crippen molar-refractivity contribution >= 4 is 16.3 Å². The minimum absolute atomic E-state index is 0.373. The van der Waals surface area contributed by atoms with Crippen molar-refractivity contribution in [2.75, 3.05) is 26.3 Å². The van der Waals surface area contributed by atoms with E-state index in [1.807, 2.05) is 0 Å². The van der Waals surface area contributed by atoms with E-state index >= 15 is 0 Å². The smallest absolute Gasteiger partial charge is 0.226 e. The summed E-state index contributed by atoms with van der Waals surface area (Å²) in [6.45, 7) is 1.60. The fourth-order valence-corrected chi connectivity index (χ4v) is 4.70. The predicted octanol–water partition coefficient (Wildman–Crippen LogP) is 0.550. The molecule has 0 unspecified atom stereocenters. The van der Waals surface area contributed by atoms with Gasteiger partial charge in [-0.3, -0.25) is 0 Å². The molecule has 1 aliphatic carbocycles. The summed E-state index contributed by atoms with van der Waals surface area (Å²) in [6.07, 6.45) is 4.27. The SMILES string of the molecule is O=CC1(S(=O)(=O)N2CCOCC2)CCCCC1. The summed E-state index contributed by atoms with van der Waals surface area (Å²) < 4.78 is 30.5. The first-order chi connectivity index (χ1) is 8.12. The molecule has 1 aliphatic heterocycles. The molecule has 1 saturated heterocycles. The molecule has 17 heavy (non-hydrogen) atoms. The van der Waals surface area contributed by atoms with Crippen LogP contribution < -0.4 is 0 Å². The maximum absolute atomic E-state index is 12.5. The molecule has 0 aromatic rings. The number of hydrogen-bond acceptors (Lipinski definition) is 4. The van der Waals surface area contributed by atoms with Gasteiger partial charge in [0.15, 0.2) is 0 Å². The lowest BCUT2D eigenvalue weighted by atomic mass is 9.89. The Hall–Kier alpha value is -0.460. The summed E-state index contributed by atoms with van der Waals surface area (Å²) >= 11 is 0. The summed E-state index contributed by atoms with van der Waals surface area (Å²) in [6, 6.07) is 0. The van der Waals surface area contributed by atoms with Gasteiger partial charge in [0.1, 0.15) is 11.0 Å². The Kier molecular flexibility index (Phi) is 3.85. The average molecular weight is 261 g/mol. The first-order valence-corrected chi connectivity index (χ1v) is 7.60. The molecule has 1 heterocycles. The van der Waals surface area contributed by atoms with Gasteiger partial charge in [-0.2, -0.15) is 4.31 Å². The minimum Gasteiger partial charge on any atom is -0.379 e. The summed E-state index contributed by atoms with van der Waals surface area (Å²) in [4.78, 5) is 11.3. The molecule has 0 bridgehead atoms. The first kappa shape index (κ1) is 13.0. The zero-order chi connectivity index (χ0) is 12.4. The molecule has 0 atom stereocenters. The average Bonchev–Trinajstić information content (AvgIpc) is 2.40. The van der Waals surface area contributed by atoms with E-state index in [1.54, 1.807) is 0 Å². The van der Waals surface area contributed by atoms with Crippen molar-refractivity contribution in [2.45, 2.75) is 36.9 Å². The molecule has 2 rings (SSSR count). The molecule has 98 valence electrons. The number of nitrogens with zero attached hydrogens (tertiary/aromatic N) is 1. The van der Waals surface area contributed by atoms with Gasteiger partial charge in [-0.15, -0.1) is 0 Å². The van der Waals surface area contributed by atoms with Crippen molar-refractivity contribution in [1.29, 1.82) is 0 Å². The van der Waals surface area contributed by atoms with E-state index in [2.05, 4.69) is 0 Å². The van der Waals surface area contributed by atoms with Crippen LogP contribution in [0.4, 0.5) is 0 Å². The number of aldehydes is 1. The maximum Gasteiger partial charge on any atom is 0.226 e. The van der Waals surface area contributed by atoms with Crippen LogP contribution in [0.5, 0.6) is 0 Å². The van der Waals surface area contributed by atoms with Gasteiger partial charge >= 0.3 is 0 Å². The van der Waals surface area contributed by atoms with E-state index in [9.17, 15) is 13.2 Å². The molecule has 2 fully saturated rings. The van der Waals surface area contributed by atoms with E-state index in [4.69, 9.17) is 4.74 Å². The molecular formula is C11H19NO4S. The molecule has 6 heteroatoms. The third-order valence-corrected chi connectivity index (χ3v) is 6.32. The van der Waals surface area contributed by atoms with Gasteiger partial charge in [0, 0.05) is 13.1 Å². The molecule has 5 nitrogen and oxygen atoms in total. The van der Waals surface area contributed by atoms with E-state index < -0.39 is 14.8 Å². The lowest BCUT2D eigenvalue weighted by Crippen LogP contribution is -2.53. The Bertz CT molecular complexity index is 367. The Morgan fingerprint density at radius 3 is 2.18 bits per heavy atom. The zero-order valence-electron chi connectivity index (χ0n) is 9.93. The third-order valence-electron chi connectivity index (χ3n) is 3.74. The van der Waals surface area contributed by atoms with Gasteiger partial charge < -0.3 is 9.53 Å². The summed E-state index contributed by atoms with van der Waals surface area (Å²) in [7, 11) is -3.51. The standard InChI is InChI=1S/C11H19NO4S/c13-10-11(4-2-1-3-5-11)17(14,15)12-6-8-16-9-7-12/h10H,1-9H2. The summed E-state index contributed by atoms with van der Waals surface area (Å²) in [5.74, 6) is 0. The second-order valence-electron chi connectivity index (χ2n) is 4.76. The Labute approximate surface area is 102 Å². The molecule has 0 spiro atoms. The van der Waals surface area contributed by atoms with Crippen LogP contribution in [0.15, 0.2) is 0 Å². The third kappa shape index (κ3) is 2.26. The van der Waals surface area contributed by atoms with Gasteiger partial charge in [0.2, 0.25) is 10.0 Å². The van der Waals surface area contributed by atoms with Crippen LogP contribution in [0.25, 0.3) is 0 Å². The highest BCUT2D eigenvalue weighted by atomic mass is 32.2. The van der Waals surface area contributed by atoms with Crippen LogP contribution >= 0.6 is 0 Å². The minimum atomic E-state index is -3.51. The number of hydrogen-bond donors (Lipinski definition) is 0. The van der Waals surface area contributed by atoms with Crippen molar-refractivity contribution in [1.82, 2.24) is 4.31 Å². The molecule has 0 N–H and O–H groups in total. The zero-order valence-corrected chi connectivity index (χ0v) is 10.7. The van der Waals surface area contributed by atoms with Gasteiger partial charge in [0.25, 0.3) is 0 Å². The maximum atomic E-state index is 12.5. The van der Waals surface area contributed by atoms with Gasteiger partial charge in [0.05, 0.1) is 13.2 Å². The second kappa shape index (κ2) is 5.04. The van der Waals surface area contributed by atoms with Crippen molar-refractivity contribution in [2.24, 2.45) is 0 Å². The summed E-state index contributed by atoms with van der Waals surface area (Å²) in [5.41, 5.74) is 0. The van der Waals surface area contributed by atoms with E-state index in [-0.39, 0.29) is 0 Å². The molecule has 2 aliphatic rings. The van der Waals surface area contributed by atoms with Crippen LogP contribution in [0, 0.1) is 0 Å². The van der Waals surface area contributed by atoms with Crippen LogP contribution in [0.3, 0.4) is 0 Å². The normalized spacial score (nSPS) is 26.6. The van der Waals surface area contributed by atoms with Gasteiger partial charge in [-0.1, -0.05) is 19.3 Å². The highest BCUT2D eigenvalue weighted by molar-refractivity contribution is 7.91. The van der Waals surface area contributed by atoms with Crippen molar-refractivity contribution in [3.05, 3.63) is 0 Å². The van der Waals surface area contributed by atoms with Gasteiger partial charge in [-0.05, 0) is 12.8 Å². The molecule has 1 saturated carbocycles. The van der Waals surface area contributed by atoms with Crippen LogP contribution in [0.2, 0.25) is 0 Å². The first-order valence-electron chi connectivity index (χ1n) is 6.16. The van der Waals surface area contributed by atoms with Crippen molar-refractivity contribution in [3.8, 4) is 0 Å². The number of carbonyl (C=O) groups excluding carboxylic acids is 1. The van der Waals surface area contributed by atoms with Gasteiger partial charge in [-0.25, -0.2) is 8.42 Å². The highest BCUT2D eigenvalue weighted by Gasteiger charge is 2.47. The molecular weight excluding hydrogens is 242 g/mol. The van der Waals surface area contributed by atoms with E-state index in [0.717, 1.165) is 19.3 Å². The largest absolute Gasteiger partial charge is 0.379 e. The quantitative estimate of drug-likeness (QED) is 0.696. The Morgan fingerprint density at radius 2 is 1.65 bits per heavy atom. The van der Waals surface area contributed by atoms with E-state index in [0.29, 0.717) is 45.4 Å². The van der Waals surface area contributed by atoms with Crippen LogP contribution in [-0.2, 0) is 19.6 Å². The fourth-order valence-electron chi connectivity index (χ4n) is 2.63. The monoisotopic (exact) mass is 261 g/mol. The van der Waals surface area contributed by atoms with Crippen LogP contribution in [-0.4, -0.2) is 50.1 Å². The number of rotatable bonds is 3. The second-order valence-corrected chi connectivity index (χ2v) is 7.04. The Balaban J connectivity index is 2.24. The Morgan fingerprint density at radius 1 is 1.06 bits per heavy atom. The fraction of sp³-hybridized carbons (Fsp3) is 0.909. The molecule has 0 amide bonds. The molecule has 0 aromatic carbocycles. The summed E-state index contributed by atoms with van der Waals surface area (Å²) in [5, 5.41) is 0. The number of morpholine rings is 1. The molecule has 0 aromatic heterocycles. The van der Waals surface area contributed by atoms with Crippen molar-refractivity contribution < 1.29 is 17.9 Å². The van der Waals surface area contributed by atoms with E-state index in [1.165, 1.54) is 4.31 Å². The lowest BCUT2D eigenvalue weighted by Gasteiger charge is -2.37. The highest BCUT2D eigenvalue weighted by Crippen LogP contribution is 2.35. The molecule has 0 radical (unpaired) electrons. The number of ether oxygens (including phenoxy) is 1. The van der Waals surface area contributed by atoms with Crippen LogP contribution in [0.1, 0.15) is 32.1 Å². The topological polar surface area (TPSA) is 63.7 Å². The predicted molar refractivity (Wildman–Crippen MR) is 63.2 cm³/mol. The number of sulfonamides is 1.